The van der Waals surface area contributed by atoms with Crippen molar-refractivity contribution in [1.29, 1.82) is 0 Å². The summed E-state index contributed by atoms with van der Waals surface area (Å²) >= 11 is 0. The van der Waals surface area contributed by atoms with E-state index in [1.54, 1.807) is 24.3 Å². The first-order chi connectivity index (χ1) is 14.9. The van der Waals surface area contributed by atoms with E-state index in [1.165, 1.54) is 17.7 Å². The maximum atomic E-state index is 12.3. The SMILES string of the molecule is COc1ccc(NC(=O)N2CCc3cccnc3C2)cc1.FC(F)(F)c1ccccc1.[HH]. The number of hydrogen-bond acceptors (Lipinski definition) is 3. The summed E-state index contributed by atoms with van der Waals surface area (Å²) in [6.07, 6.45) is -1.59. The quantitative estimate of drug-likeness (QED) is 0.572. The molecule has 5 nitrogen and oxygen atoms in total. The number of methoxy groups -OCH3 is 1. The molecular formula is C23H24F3N3O2. The van der Waals surface area contributed by atoms with Crippen molar-refractivity contribution in [1.82, 2.24) is 9.88 Å². The van der Waals surface area contributed by atoms with Crippen LogP contribution in [0, 0.1) is 0 Å². The first kappa shape index (κ1) is 22.1. The van der Waals surface area contributed by atoms with Crippen LogP contribution in [0.25, 0.3) is 0 Å². The Hall–Kier alpha value is -3.55. The van der Waals surface area contributed by atoms with E-state index in [0.29, 0.717) is 13.1 Å². The summed E-state index contributed by atoms with van der Waals surface area (Å²) in [7, 11) is 1.62. The Morgan fingerprint density at radius 1 is 1.06 bits per heavy atom. The molecule has 1 aliphatic heterocycles. The Kier molecular flexibility index (Phi) is 7.12. The minimum atomic E-state index is -4.21. The number of urea groups is 1. The summed E-state index contributed by atoms with van der Waals surface area (Å²) in [4.78, 5) is 18.4. The summed E-state index contributed by atoms with van der Waals surface area (Å²) in [5.74, 6) is 0.768. The zero-order valence-electron chi connectivity index (χ0n) is 16.9. The molecule has 3 aromatic rings. The van der Waals surface area contributed by atoms with Crippen molar-refractivity contribution in [3.8, 4) is 5.75 Å². The Labute approximate surface area is 180 Å². The predicted molar refractivity (Wildman–Crippen MR) is 114 cm³/mol. The number of ether oxygens (including phenoxy) is 1. The molecule has 1 aromatic heterocycles. The number of alkyl halides is 3. The summed E-state index contributed by atoms with van der Waals surface area (Å²) in [6, 6.07) is 17.6. The van der Waals surface area contributed by atoms with Gasteiger partial charge in [0.1, 0.15) is 5.75 Å². The molecule has 0 spiro atoms. The van der Waals surface area contributed by atoms with E-state index in [4.69, 9.17) is 4.74 Å². The van der Waals surface area contributed by atoms with Gasteiger partial charge >= 0.3 is 12.2 Å². The van der Waals surface area contributed by atoms with Gasteiger partial charge in [0.25, 0.3) is 0 Å². The van der Waals surface area contributed by atoms with E-state index >= 15 is 0 Å². The van der Waals surface area contributed by atoms with Crippen molar-refractivity contribution in [3.05, 3.63) is 89.7 Å². The lowest BCUT2D eigenvalue weighted by molar-refractivity contribution is -0.137. The van der Waals surface area contributed by atoms with Crippen LogP contribution in [0.3, 0.4) is 0 Å². The molecule has 0 saturated heterocycles. The lowest BCUT2D eigenvalue weighted by atomic mass is 10.1. The molecule has 2 amide bonds. The Morgan fingerprint density at radius 2 is 1.77 bits per heavy atom. The number of amides is 2. The maximum absolute atomic E-state index is 12.3. The largest absolute Gasteiger partial charge is 0.497 e. The molecule has 2 aromatic carbocycles. The Balaban J connectivity index is 0.000000280. The third kappa shape index (κ3) is 6.21. The number of pyridine rings is 1. The van der Waals surface area contributed by atoms with Crippen LogP contribution in [0.5, 0.6) is 5.75 Å². The van der Waals surface area contributed by atoms with Gasteiger partial charge in [0.2, 0.25) is 0 Å². The summed E-state index contributed by atoms with van der Waals surface area (Å²) in [6.45, 7) is 1.26. The average molecular weight is 431 g/mol. The monoisotopic (exact) mass is 431 g/mol. The predicted octanol–water partition coefficient (Wildman–Crippen LogP) is 5.63. The highest BCUT2D eigenvalue weighted by Crippen LogP contribution is 2.28. The zero-order valence-corrected chi connectivity index (χ0v) is 16.9. The van der Waals surface area contributed by atoms with Gasteiger partial charge in [-0.05, 0) is 42.3 Å². The highest BCUT2D eigenvalue weighted by Gasteiger charge is 2.29. The molecule has 0 saturated carbocycles. The fourth-order valence-electron chi connectivity index (χ4n) is 3.03. The van der Waals surface area contributed by atoms with Crippen LogP contribution >= 0.6 is 0 Å². The number of benzene rings is 2. The van der Waals surface area contributed by atoms with Crippen molar-refractivity contribution in [2.45, 2.75) is 19.1 Å². The summed E-state index contributed by atoms with van der Waals surface area (Å²) in [5.41, 5.74) is 2.36. The molecule has 0 radical (unpaired) electrons. The second-order valence-electron chi connectivity index (χ2n) is 6.80. The van der Waals surface area contributed by atoms with E-state index in [0.717, 1.165) is 35.7 Å². The number of nitrogens with zero attached hydrogens (tertiary/aromatic N) is 2. The molecule has 0 bridgehead atoms. The number of anilines is 1. The van der Waals surface area contributed by atoms with Gasteiger partial charge in [-0.1, -0.05) is 36.4 Å². The molecule has 0 unspecified atom stereocenters. The first-order valence-corrected chi connectivity index (χ1v) is 9.62. The number of rotatable bonds is 2. The lowest BCUT2D eigenvalue weighted by Crippen LogP contribution is -2.39. The summed E-state index contributed by atoms with van der Waals surface area (Å²) in [5, 5.41) is 2.90. The van der Waals surface area contributed by atoms with Crippen LogP contribution in [0.2, 0.25) is 0 Å². The Morgan fingerprint density at radius 3 is 2.39 bits per heavy atom. The van der Waals surface area contributed by atoms with Crippen molar-refractivity contribution in [2.75, 3.05) is 19.0 Å². The highest BCUT2D eigenvalue weighted by molar-refractivity contribution is 5.89. The van der Waals surface area contributed by atoms with Gasteiger partial charge < -0.3 is 15.0 Å². The second-order valence-corrected chi connectivity index (χ2v) is 6.80. The number of carbonyl (C=O) groups excluding carboxylic acids is 1. The zero-order chi connectivity index (χ0) is 22.3. The topological polar surface area (TPSA) is 54.5 Å². The van der Waals surface area contributed by atoms with E-state index in [1.807, 2.05) is 30.3 Å². The Bertz CT molecular complexity index is 999. The van der Waals surface area contributed by atoms with Gasteiger partial charge in [0.15, 0.2) is 0 Å². The van der Waals surface area contributed by atoms with Gasteiger partial charge in [-0.2, -0.15) is 13.2 Å². The highest BCUT2D eigenvalue weighted by atomic mass is 19.4. The van der Waals surface area contributed by atoms with Gasteiger partial charge in [-0.3, -0.25) is 4.98 Å². The van der Waals surface area contributed by atoms with Crippen LogP contribution in [-0.2, 0) is 19.1 Å². The number of carbonyl (C=O) groups is 1. The van der Waals surface area contributed by atoms with Crippen LogP contribution in [0.4, 0.5) is 23.7 Å². The summed E-state index contributed by atoms with van der Waals surface area (Å²) < 4.78 is 40.5. The van der Waals surface area contributed by atoms with Crippen LogP contribution in [-0.4, -0.2) is 29.6 Å². The fourth-order valence-corrected chi connectivity index (χ4v) is 3.03. The molecule has 1 N–H and O–H groups in total. The molecule has 164 valence electrons. The van der Waals surface area contributed by atoms with E-state index in [2.05, 4.69) is 16.4 Å². The van der Waals surface area contributed by atoms with Crippen molar-refractivity contribution < 1.29 is 24.1 Å². The molecule has 1 aliphatic rings. The van der Waals surface area contributed by atoms with E-state index in [-0.39, 0.29) is 7.46 Å². The average Bonchev–Trinajstić information content (AvgIpc) is 2.79. The minimum absolute atomic E-state index is 0. The van der Waals surface area contributed by atoms with E-state index < -0.39 is 11.7 Å². The van der Waals surface area contributed by atoms with Crippen molar-refractivity contribution >= 4 is 11.7 Å². The standard InChI is InChI=1S/C16H17N3O2.C7H5F3.H2/c1-21-14-6-4-13(5-7-14)18-16(20)19-10-8-12-3-2-9-17-15(12)11-19;8-7(9,10)6-4-2-1-3-5-6;/h2-7,9H,8,10-11H2,1H3,(H,18,20);1-5H;1H. The molecule has 8 heteroatoms. The first-order valence-electron chi connectivity index (χ1n) is 9.62. The molecule has 0 fully saturated rings. The van der Waals surface area contributed by atoms with E-state index in [9.17, 15) is 18.0 Å². The van der Waals surface area contributed by atoms with Gasteiger partial charge in [0, 0.05) is 19.9 Å². The smallest absolute Gasteiger partial charge is 0.416 e. The lowest BCUT2D eigenvalue weighted by Gasteiger charge is -2.28. The number of nitrogens with one attached hydrogen (secondary N) is 1. The normalized spacial score (nSPS) is 12.8. The van der Waals surface area contributed by atoms with Crippen LogP contribution < -0.4 is 10.1 Å². The molecule has 31 heavy (non-hydrogen) atoms. The van der Waals surface area contributed by atoms with Gasteiger partial charge in [-0.25, -0.2) is 4.79 Å². The number of fused-ring (bicyclic) bond motifs is 1. The van der Waals surface area contributed by atoms with Gasteiger partial charge in [-0.15, -0.1) is 0 Å². The fraction of sp³-hybridized carbons (Fsp3) is 0.217. The van der Waals surface area contributed by atoms with Crippen molar-refractivity contribution in [2.24, 2.45) is 0 Å². The maximum Gasteiger partial charge on any atom is 0.416 e. The molecule has 2 heterocycles. The third-order valence-electron chi connectivity index (χ3n) is 4.71. The molecule has 0 atom stereocenters. The van der Waals surface area contributed by atoms with Gasteiger partial charge in [0.05, 0.1) is 24.9 Å². The third-order valence-corrected chi connectivity index (χ3v) is 4.71. The number of halogens is 3. The minimum Gasteiger partial charge on any atom is -0.497 e. The van der Waals surface area contributed by atoms with Crippen LogP contribution in [0.1, 0.15) is 18.2 Å². The number of aromatic nitrogens is 1. The molecular weight excluding hydrogens is 407 g/mol. The van der Waals surface area contributed by atoms with Crippen molar-refractivity contribution in [3.63, 3.8) is 0 Å². The second kappa shape index (κ2) is 9.97. The molecule has 0 aliphatic carbocycles. The van der Waals surface area contributed by atoms with Crippen LogP contribution in [0.15, 0.2) is 72.9 Å². The number of hydrogen-bond donors (Lipinski definition) is 1. The molecule has 4 rings (SSSR count).